The Morgan fingerprint density at radius 2 is 1.74 bits per heavy atom. The summed E-state index contributed by atoms with van der Waals surface area (Å²) in [5.74, 6) is 1.33. The van der Waals surface area contributed by atoms with E-state index in [0.29, 0.717) is 34.8 Å². The maximum Gasteiger partial charge on any atom is 0.161 e. The summed E-state index contributed by atoms with van der Waals surface area (Å²) in [6.07, 6.45) is 4.89. The van der Waals surface area contributed by atoms with Gasteiger partial charge in [0.2, 0.25) is 0 Å². The van der Waals surface area contributed by atoms with Crippen LogP contribution in [0.15, 0.2) is 97.5 Å². The average Bonchev–Trinajstić information content (AvgIpc) is 3.65. The molecule has 0 saturated heterocycles. The molecule has 10 heteroatoms. The number of benzene rings is 2. The Bertz CT molecular complexity index is 2020. The molecule has 0 aliphatic carbocycles. The number of aliphatic hydroxyl groups is 1. The van der Waals surface area contributed by atoms with Crippen molar-refractivity contribution < 1.29 is 9.84 Å². The van der Waals surface area contributed by atoms with Crippen molar-refractivity contribution in [1.29, 1.82) is 0 Å². The Morgan fingerprint density at radius 3 is 2.62 bits per heavy atom. The van der Waals surface area contributed by atoms with Crippen LogP contribution in [0.25, 0.3) is 56.1 Å². The molecule has 0 bridgehead atoms. The molecule has 206 valence electrons. The molecule has 0 fully saturated rings. The maximum atomic E-state index is 10.6. The molecule has 0 aliphatic heterocycles. The number of pyridine rings is 3. The van der Waals surface area contributed by atoms with E-state index in [4.69, 9.17) is 14.7 Å². The highest BCUT2D eigenvalue weighted by Crippen LogP contribution is 2.32. The first-order chi connectivity index (χ1) is 20.6. The molecule has 2 aromatic carbocycles. The Morgan fingerprint density at radius 1 is 0.857 bits per heavy atom. The normalized spacial score (nSPS) is 12.0. The molecule has 5 heterocycles. The van der Waals surface area contributed by atoms with Crippen molar-refractivity contribution in [3.05, 3.63) is 103 Å². The van der Waals surface area contributed by atoms with Crippen LogP contribution in [0.3, 0.4) is 0 Å². The highest BCUT2D eigenvalue weighted by molar-refractivity contribution is 5.95. The molecule has 0 aliphatic rings. The number of hydrogen-bond acceptors (Lipinski definition) is 8. The van der Waals surface area contributed by atoms with Gasteiger partial charge in [-0.25, -0.2) is 9.97 Å². The van der Waals surface area contributed by atoms with E-state index in [-0.39, 0.29) is 0 Å². The monoisotopic (exact) mass is 554 g/mol. The van der Waals surface area contributed by atoms with Crippen LogP contribution in [0.5, 0.6) is 5.75 Å². The summed E-state index contributed by atoms with van der Waals surface area (Å²) in [5, 5.41) is 21.3. The summed E-state index contributed by atoms with van der Waals surface area (Å²) in [4.78, 5) is 22.2. The van der Waals surface area contributed by atoms with Gasteiger partial charge in [0.25, 0.3) is 0 Å². The van der Waals surface area contributed by atoms with E-state index in [2.05, 4.69) is 30.5 Å². The minimum Gasteiger partial charge on any atom is -0.497 e. The van der Waals surface area contributed by atoms with Gasteiger partial charge < -0.3 is 20.1 Å². The number of ether oxygens (including phenoxy) is 1. The predicted molar refractivity (Wildman–Crippen MR) is 162 cm³/mol. The first-order valence-electron chi connectivity index (χ1n) is 13.4. The summed E-state index contributed by atoms with van der Waals surface area (Å²) < 4.78 is 5.40. The van der Waals surface area contributed by atoms with Crippen LogP contribution in [0.2, 0.25) is 0 Å². The standard InChI is InChI=1S/C32H26N8O2/c1-42-23-9-5-8-20(16-23)28-29-25(12-13-34-28)37-32(38-29)31-30-26(39-40-31)11-10-24(36-30)21-15-22(18-33-17-21)35-27(41)14-19-6-3-2-4-7-19/h2-13,15-18,27,35,41H,14H2,1H3,(H,37,38)(H,39,40). The van der Waals surface area contributed by atoms with Crippen molar-refractivity contribution in [1.82, 2.24) is 35.1 Å². The van der Waals surface area contributed by atoms with Crippen molar-refractivity contribution in [2.75, 3.05) is 12.4 Å². The van der Waals surface area contributed by atoms with Crippen molar-refractivity contribution in [2.45, 2.75) is 12.6 Å². The lowest BCUT2D eigenvalue weighted by Gasteiger charge is -2.14. The number of nitrogens with zero attached hydrogens (tertiary/aromatic N) is 5. The fourth-order valence-electron chi connectivity index (χ4n) is 4.99. The van der Waals surface area contributed by atoms with E-state index < -0.39 is 6.23 Å². The van der Waals surface area contributed by atoms with Gasteiger partial charge in [-0.1, -0.05) is 42.5 Å². The third-order valence-electron chi connectivity index (χ3n) is 7.02. The quantitative estimate of drug-likeness (QED) is 0.178. The predicted octanol–water partition coefficient (Wildman–Crippen LogP) is 5.61. The van der Waals surface area contributed by atoms with Gasteiger partial charge in [-0.15, -0.1) is 0 Å². The fourth-order valence-corrected chi connectivity index (χ4v) is 4.99. The van der Waals surface area contributed by atoms with Crippen LogP contribution in [0, 0.1) is 0 Å². The van der Waals surface area contributed by atoms with Gasteiger partial charge in [-0.05, 0) is 42.0 Å². The summed E-state index contributed by atoms with van der Waals surface area (Å²) in [6, 6.07) is 25.2. The molecule has 1 atom stereocenters. The van der Waals surface area contributed by atoms with Crippen LogP contribution in [0.1, 0.15) is 5.56 Å². The van der Waals surface area contributed by atoms with Gasteiger partial charge in [0.15, 0.2) is 11.5 Å². The van der Waals surface area contributed by atoms with Crippen molar-refractivity contribution in [2.24, 2.45) is 0 Å². The van der Waals surface area contributed by atoms with Crippen molar-refractivity contribution in [3.8, 4) is 39.8 Å². The van der Waals surface area contributed by atoms with E-state index in [1.807, 2.05) is 78.9 Å². The molecule has 5 aromatic heterocycles. The summed E-state index contributed by atoms with van der Waals surface area (Å²) in [6.45, 7) is 0. The number of aromatic nitrogens is 7. The second kappa shape index (κ2) is 10.8. The van der Waals surface area contributed by atoms with E-state index in [9.17, 15) is 5.11 Å². The molecule has 7 aromatic rings. The number of aliphatic hydroxyl groups excluding tert-OH is 1. The zero-order valence-electron chi connectivity index (χ0n) is 22.6. The topological polar surface area (TPSA) is 138 Å². The van der Waals surface area contributed by atoms with Gasteiger partial charge in [-0.2, -0.15) is 5.10 Å². The Hall–Kier alpha value is -5.61. The number of imidazole rings is 1. The molecule has 0 spiro atoms. The number of hydrogen-bond donors (Lipinski definition) is 4. The van der Waals surface area contributed by atoms with Gasteiger partial charge in [0.1, 0.15) is 23.0 Å². The third-order valence-corrected chi connectivity index (χ3v) is 7.02. The molecule has 1 unspecified atom stereocenters. The van der Waals surface area contributed by atoms with Crippen LogP contribution < -0.4 is 10.1 Å². The number of anilines is 1. The summed E-state index contributed by atoms with van der Waals surface area (Å²) in [5.41, 5.74) is 8.51. The first-order valence-corrected chi connectivity index (χ1v) is 13.4. The number of aromatic amines is 2. The van der Waals surface area contributed by atoms with E-state index >= 15 is 0 Å². The Labute approximate surface area is 240 Å². The zero-order valence-corrected chi connectivity index (χ0v) is 22.6. The van der Waals surface area contributed by atoms with Crippen molar-refractivity contribution in [3.63, 3.8) is 0 Å². The second-order valence-electron chi connectivity index (χ2n) is 9.85. The highest BCUT2D eigenvalue weighted by Gasteiger charge is 2.18. The summed E-state index contributed by atoms with van der Waals surface area (Å²) >= 11 is 0. The Balaban J connectivity index is 1.21. The number of rotatable bonds is 8. The summed E-state index contributed by atoms with van der Waals surface area (Å²) in [7, 11) is 1.64. The molecular formula is C32H26N8O2. The second-order valence-corrected chi connectivity index (χ2v) is 9.85. The molecule has 42 heavy (non-hydrogen) atoms. The smallest absolute Gasteiger partial charge is 0.161 e. The SMILES string of the molecule is COc1cccc(-c2nccc3[nH]c(-c4n[nH]c5ccc(-c6cncc(NC(O)Cc7ccccc7)c6)nc45)nc23)c1. The number of H-pyrrole nitrogens is 2. The minimum absolute atomic E-state index is 0.472. The molecule has 10 nitrogen and oxygen atoms in total. The van der Waals surface area contributed by atoms with E-state index in [1.165, 1.54) is 0 Å². The molecule has 7 rings (SSSR count). The molecule has 0 radical (unpaired) electrons. The van der Waals surface area contributed by atoms with Crippen LogP contribution in [-0.2, 0) is 6.42 Å². The molecular weight excluding hydrogens is 528 g/mol. The lowest BCUT2D eigenvalue weighted by atomic mass is 10.1. The van der Waals surface area contributed by atoms with Gasteiger partial charge >= 0.3 is 0 Å². The largest absolute Gasteiger partial charge is 0.497 e. The minimum atomic E-state index is -0.759. The molecule has 0 saturated carbocycles. The lowest BCUT2D eigenvalue weighted by Crippen LogP contribution is -2.21. The zero-order chi connectivity index (χ0) is 28.5. The third kappa shape index (κ3) is 4.91. The van der Waals surface area contributed by atoms with Crippen LogP contribution in [0.4, 0.5) is 5.69 Å². The Kier molecular flexibility index (Phi) is 6.49. The number of methoxy groups -OCH3 is 1. The van der Waals surface area contributed by atoms with Crippen molar-refractivity contribution >= 4 is 27.8 Å². The lowest BCUT2D eigenvalue weighted by molar-refractivity contribution is 0.204. The van der Waals surface area contributed by atoms with Gasteiger partial charge in [0, 0.05) is 29.9 Å². The number of fused-ring (bicyclic) bond motifs is 2. The van der Waals surface area contributed by atoms with Crippen LogP contribution >= 0.6 is 0 Å². The fraction of sp³-hybridized carbons (Fsp3) is 0.0938. The average molecular weight is 555 g/mol. The molecule has 4 N–H and O–H groups in total. The van der Waals surface area contributed by atoms with E-state index in [1.54, 1.807) is 25.7 Å². The van der Waals surface area contributed by atoms with Gasteiger partial charge in [0.05, 0.1) is 41.4 Å². The van der Waals surface area contributed by atoms with Gasteiger partial charge in [-0.3, -0.25) is 15.1 Å². The number of nitrogens with one attached hydrogen (secondary N) is 3. The first kappa shape index (κ1) is 25.4. The highest BCUT2D eigenvalue weighted by atomic mass is 16.5. The molecule has 0 amide bonds. The van der Waals surface area contributed by atoms with E-state index in [0.717, 1.165) is 44.7 Å². The van der Waals surface area contributed by atoms with Crippen LogP contribution in [-0.4, -0.2) is 53.6 Å². The maximum absolute atomic E-state index is 10.6.